The molecule has 0 aromatic heterocycles. The third kappa shape index (κ3) is 7.42. The van der Waals surface area contributed by atoms with Gasteiger partial charge in [0.25, 0.3) is 0 Å². The molecular formula is C21H26Cl2Zr. The van der Waals surface area contributed by atoms with Crippen molar-refractivity contribution in [1.82, 2.24) is 0 Å². The Morgan fingerprint density at radius 2 is 1.12 bits per heavy atom. The van der Waals surface area contributed by atoms with Gasteiger partial charge in [0.1, 0.15) is 0 Å². The van der Waals surface area contributed by atoms with Crippen molar-refractivity contribution in [3.63, 3.8) is 0 Å². The van der Waals surface area contributed by atoms with Gasteiger partial charge in [-0.05, 0) is 30.4 Å². The largest absolute Gasteiger partial charge is 0.0620 e. The van der Waals surface area contributed by atoms with Crippen LogP contribution in [-0.2, 0) is 46.5 Å². The topological polar surface area (TPSA) is 0 Å². The molecule has 0 N–H and O–H groups in total. The fourth-order valence-electron chi connectivity index (χ4n) is 3.13. The van der Waals surface area contributed by atoms with Crippen molar-refractivity contribution in [2.75, 3.05) is 0 Å². The van der Waals surface area contributed by atoms with E-state index in [1.54, 1.807) is 24.0 Å². The van der Waals surface area contributed by atoms with Crippen molar-refractivity contribution in [3.05, 3.63) is 83.6 Å². The van der Waals surface area contributed by atoms with Crippen molar-refractivity contribution in [3.8, 4) is 0 Å². The molecule has 0 atom stereocenters. The van der Waals surface area contributed by atoms with Crippen LogP contribution in [0.25, 0.3) is 0 Å². The molecule has 3 heteroatoms. The van der Waals surface area contributed by atoms with Crippen LogP contribution in [0.1, 0.15) is 42.5 Å². The molecule has 4 rings (SSSR count). The number of rotatable bonds is 0. The van der Waals surface area contributed by atoms with Gasteiger partial charge in [-0.3, -0.25) is 0 Å². The summed E-state index contributed by atoms with van der Waals surface area (Å²) in [6, 6.07) is 17.4. The molecule has 2 aliphatic carbocycles. The normalized spacial score (nSPS) is 13.7. The van der Waals surface area contributed by atoms with Gasteiger partial charge in [0, 0.05) is 0 Å². The first kappa shape index (κ1) is 21.9. The molecule has 2 aromatic rings. The minimum Gasteiger partial charge on any atom is -0.0620 e. The maximum absolute atomic E-state index is 4.93. The first-order valence-electron chi connectivity index (χ1n) is 8.36. The number of hydrogen-bond donors (Lipinski definition) is 0. The van der Waals surface area contributed by atoms with Crippen molar-refractivity contribution < 1.29 is 20.8 Å². The Balaban J connectivity index is 0.000000191. The zero-order valence-corrected chi connectivity index (χ0v) is 18.6. The zero-order chi connectivity index (χ0) is 17.8. The third-order valence-electron chi connectivity index (χ3n) is 4.11. The van der Waals surface area contributed by atoms with Gasteiger partial charge >= 0.3 is 37.9 Å². The Kier molecular flexibility index (Phi) is 12.0. The Labute approximate surface area is 166 Å². The number of benzene rings is 2. The van der Waals surface area contributed by atoms with E-state index in [-0.39, 0.29) is 0 Å². The summed E-state index contributed by atoms with van der Waals surface area (Å²) in [6.45, 7) is 7.24. The van der Waals surface area contributed by atoms with Crippen LogP contribution in [-0.4, -0.2) is 0 Å². The summed E-state index contributed by atoms with van der Waals surface area (Å²) in [5.74, 6) is 1.60. The van der Waals surface area contributed by atoms with Gasteiger partial charge in [0.05, 0.1) is 0 Å². The average molecular weight is 441 g/mol. The number of fused-ring (bicyclic) bond motifs is 2. The monoisotopic (exact) mass is 438 g/mol. The van der Waals surface area contributed by atoms with Crippen molar-refractivity contribution in [2.24, 2.45) is 0 Å². The van der Waals surface area contributed by atoms with Crippen molar-refractivity contribution >= 4 is 17.0 Å². The number of halogens is 2. The maximum atomic E-state index is 4.93. The molecular weight excluding hydrogens is 414 g/mol. The summed E-state index contributed by atoms with van der Waals surface area (Å²) < 4.78 is 0. The molecule has 2 aliphatic rings. The molecule has 0 saturated carbocycles. The first-order chi connectivity index (χ1) is 11.7. The van der Waals surface area contributed by atoms with E-state index in [1.165, 1.54) is 43.2 Å². The SMILES string of the molecule is C[C-]1Cc2ccccc2C1.[CH2-]C.[Cl][Zr+2][Cl].c1ccc2c(c1)CCC2. The summed E-state index contributed by atoms with van der Waals surface area (Å²) in [4.78, 5) is 0. The van der Waals surface area contributed by atoms with Crippen molar-refractivity contribution in [1.29, 1.82) is 0 Å². The van der Waals surface area contributed by atoms with Crippen molar-refractivity contribution in [2.45, 2.75) is 46.0 Å². The van der Waals surface area contributed by atoms with E-state index < -0.39 is 20.8 Å². The fraction of sp³-hybridized carbons (Fsp3) is 0.333. The van der Waals surface area contributed by atoms with Crippen LogP contribution >= 0.6 is 17.0 Å². The van der Waals surface area contributed by atoms with Crippen LogP contribution < -0.4 is 0 Å². The minimum absolute atomic E-state index is 0.826. The second kappa shape index (κ2) is 13.2. The standard InChI is InChI=1S/C10H11.C9H10.C2H5.2ClH.Zr/c1-8-6-9-4-2-3-5-10(9)7-8;1-2-5-9-7-3-6-8(9)4-1;1-2;;;/h2-5H,6-7H2,1H3;1-2,4-5H,3,6-7H2;1H2,2H3;2*1H;/q-1;;-1;;;+4/p-2. The van der Waals surface area contributed by atoms with Crippen LogP contribution in [0.5, 0.6) is 0 Å². The van der Waals surface area contributed by atoms with Gasteiger partial charge in [-0.2, -0.15) is 26.7 Å². The second-order valence-electron chi connectivity index (χ2n) is 5.77. The number of aryl methyl sites for hydroxylation is 2. The van der Waals surface area contributed by atoms with Gasteiger partial charge in [0.2, 0.25) is 0 Å². The molecule has 0 fully saturated rings. The Hall–Kier alpha value is -0.0969. The van der Waals surface area contributed by atoms with Gasteiger partial charge in [0.15, 0.2) is 0 Å². The van der Waals surface area contributed by atoms with E-state index in [4.69, 9.17) is 17.0 Å². The van der Waals surface area contributed by atoms with Crippen LogP contribution in [0.2, 0.25) is 0 Å². The summed E-state index contributed by atoms with van der Waals surface area (Å²) >= 11 is -0.826. The molecule has 0 aliphatic heterocycles. The Bertz CT molecular complexity index is 536. The molecule has 0 radical (unpaired) electrons. The van der Waals surface area contributed by atoms with E-state index in [0.717, 1.165) is 0 Å². The molecule has 0 heterocycles. The smallest absolute Gasteiger partial charge is 0.0273 e. The van der Waals surface area contributed by atoms with E-state index in [1.807, 2.05) is 0 Å². The molecule has 0 amide bonds. The van der Waals surface area contributed by atoms with Gasteiger partial charge in [-0.25, -0.2) is 0 Å². The van der Waals surface area contributed by atoms with Gasteiger partial charge in [-0.1, -0.05) is 59.7 Å². The summed E-state index contributed by atoms with van der Waals surface area (Å²) in [5, 5.41) is 0. The van der Waals surface area contributed by atoms with Gasteiger partial charge < -0.3 is 12.8 Å². The predicted octanol–water partition coefficient (Wildman–Crippen LogP) is 6.77. The molecule has 128 valence electrons. The average Bonchev–Trinajstić information content (AvgIpc) is 3.23. The van der Waals surface area contributed by atoms with E-state index >= 15 is 0 Å². The predicted molar refractivity (Wildman–Crippen MR) is 104 cm³/mol. The summed E-state index contributed by atoms with van der Waals surface area (Å²) in [7, 11) is 9.87. The Morgan fingerprint density at radius 3 is 1.50 bits per heavy atom. The summed E-state index contributed by atoms with van der Waals surface area (Å²) in [5.41, 5.74) is 6.19. The molecule has 0 spiro atoms. The quantitative estimate of drug-likeness (QED) is 0.397. The van der Waals surface area contributed by atoms with E-state index in [0.29, 0.717) is 0 Å². The van der Waals surface area contributed by atoms with E-state index in [2.05, 4.69) is 62.4 Å². The van der Waals surface area contributed by atoms with Gasteiger partial charge in [-0.15, -0.1) is 0 Å². The van der Waals surface area contributed by atoms with E-state index in [9.17, 15) is 0 Å². The third-order valence-corrected chi connectivity index (χ3v) is 4.11. The van der Waals surface area contributed by atoms with Crippen LogP contribution in [0.3, 0.4) is 0 Å². The molecule has 24 heavy (non-hydrogen) atoms. The molecule has 0 unspecified atom stereocenters. The van der Waals surface area contributed by atoms with Crippen LogP contribution in [0.15, 0.2) is 48.5 Å². The van der Waals surface area contributed by atoms with Crippen LogP contribution in [0, 0.1) is 12.8 Å². The Morgan fingerprint density at radius 1 is 0.792 bits per heavy atom. The maximum Gasteiger partial charge on any atom is -0.0273 e. The fourth-order valence-corrected chi connectivity index (χ4v) is 3.13. The van der Waals surface area contributed by atoms with Crippen LogP contribution in [0.4, 0.5) is 0 Å². The first-order valence-corrected chi connectivity index (χ1v) is 14.7. The molecule has 0 bridgehead atoms. The molecule has 2 aromatic carbocycles. The minimum atomic E-state index is -0.826. The second-order valence-corrected chi connectivity index (χ2v) is 9.50. The number of hydrogen-bond acceptors (Lipinski definition) is 0. The molecule has 0 saturated heterocycles. The zero-order valence-electron chi connectivity index (χ0n) is 14.6. The summed E-state index contributed by atoms with van der Waals surface area (Å²) in [6.07, 6.45) is 6.37. The molecule has 0 nitrogen and oxygen atoms in total.